The lowest BCUT2D eigenvalue weighted by molar-refractivity contribution is -0.144. The van der Waals surface area contributed by atoms with Crippen LogP contribution in [0.15, 0.2) is 30.3 Å². The molecule has 2 aliphatic rings. The van der Waals surface area contributed by atoms with E-state index < -0.39 is 0 Å². The van der Waals surface area contributed by atoms with Crippen LogP contribution in [0.3, 0.4) is 0 Å². The van der Waals surface area contributed by atoms with Gasteiger partial charge < -0.3 is 14.5 Å². The fourth-order valence-corrected chi connectivity index (χ4v) is 3.93. The second-order valence-corrected chi connectivity index (χ2v) is 8.04. The van der Waals surface area contributed by atoms with Gasteiger partial charge in [-0.15, -0.1) is 0 Å². The first-order chi connectivity index (χ1) is 12.5. The first-order valence-corrected chi connectivity index (χ1v) is 9.67. The van der Waals surface area contributed by atoms with E-state index in [4.69, 9.17) is 4.74 Å². The molecule has 5 heteroatoms. The smallest absolute Gasteiger partial charge is 0.227 e. The third kappa shape index (κ3) is 4.44. The van der Waals surface area contributed by atoms with Crippen LogP contribution in [0.25, 0.3) is 0 Å². The number of amides is 2. The molecule has 2 fully saturated rings. The maximum atomic E-state index is 12.9. The highest BCUT2D eigenvalue weighted by Crippen LogP contribution is 2.29. The summed E-state index contributed by atoms with van der Waals surface area (Å²) in [5.41, 5.74) is 0.964. The molecule has 1 aromatic rings. The van der Waals surface area contributed by atoms with Gasteiger partial charge in [0.15, 0.2) is 0 Å². The summed E-state index contributed by atoms with van der Waals surface area (Å²) < 4.78 is 5.34. The third-order valence-electron chi connectivity index (χ3n) is 5.59. The van der Waals surface area contributed by atoms with E-state index in [0.717, 1.165) is 19.4 Å². The Morgan fingerprint density at radius 1 is 1.08 bits per heavy atom. The lowest BCUT2D eigenvalue weighted by atomic mass is 9.81. The number of likely N-dealkylation sites (tertiary alicyclic amines) is 1. The van der Waals surface area contributed by atoms with Gasteiger partial charge >= 0.3 is 0 Å². The number of nitrogens with zero attached hydrogens (tertiary/aromatic N) is 2. The molecule has 0 saturated carbocycles. The standard InChI is InChI=1S/C21H30N2O3/c1-21(2,18-8-4-3-5-9-18)15-19(24)23-10-6-7-17(16-23)20(25)22-11-13-26-14-12-22/h3-5,8-9,17H,6-7,10-16H2,1-2H3. The quantitative estimate of drug-likeness (QED) is 0.831. The summed E-state index contributed by atoms with van der Waals surface area (Å²) in [7, 11) is 0. The number of rotatable bonds is 4. The Morgan fingerprint density at radius 2 is 1.77 bits per heavy atom. The molecule has 2 heterocycles. The van der Waals surface area contributed by atoms with Crippen LogP contribution in [0.2, 0.25) is 0 Å². The molecule has 2 aliphatic heterocycles. The Morgan fingerprint density at radius 3 is 2.46 bits per heavy atom. The number of hydrogen-bond donors (Lipinski definition) is 0. The Kier molecular flexibility index (Phi) is 5.97. The van der Waals surface area contributed by atoms with E-state index in [9.17, 15) is 9.59 Å². The van der Waals surface area contributed by atoms with Crippen molar-refractivity contribution in [3.05, 3.63) is 35.9 Å². The Labute approximate surface area is 156 Å². The van der Waals surface area contributed by atoms with Crippen molar-refractivity contribution in [2.24, 2.45) is 5.92 Å². The average molecular weight is 358 g/mol. The van der Waals surface area contributed by atoms with Gasteiger partial charge in [-0.1, -0.05) is 44.2 Å². The zero-order valence-electron chi connectivity index (χ0n) is 15.9. The topological polar surface area (TPSA) is 49.9 Å². The van der Waals surface area contributed by atoms with Crippen molar-refractivity contribution in [2.45, 2.75) is 38.5 Å². The van der Waals surface area contributed by atoms with Gasteiger partial charge in [-0.25, -0.2) is 0 Å². The summed E-state index contributed by atoms with van der Waals surface area (Å²) >= 11 is 0. The molecule has 3 rings (SSSR count). The van der Waals surface area contributed by atoms with Crippen LogP contribution in [0, 0.1) is 5.92 Å². The van der Waals surface area contributed by atoms with Crippen LogP contribution < -0.4 is 0 Å². The molecular formula is C21H30N2O3. The maximum Gasteiger partial charge on any atom is 0.227 e. The van der Waals surface area contributed by atoms with Crippen LogP contribution in [0.4, 0.5) is 0 Å². The molecule has 0 aliphatic carbocycles. The Hall–Kier alpha value is -1.88. The van der Waals surface area contributed by atoms with Gasteiger partial charge in [-0.2, -0.15) is 0 Å². The largest absolute Gasteiger partial charge is 0.378 e. The van der Waals surface area contributed by atoms with Crippen molar-refractivity contribution < 1.29 is 14.3 Å². The van der Waals surface area contributed by atoms with Crippen molar-refractivity contribution in [3.8, 4) is 0 Å². The van der Waals surface area contributed by atoms with Crippen molar-refractivity contribution in [2.75, 3.05) is 39.4 Å². The van der Waals surface area contributed by atoms with Crippen LogP contribution in [-0.2, 0) is 19.7 Å². The van der Waals surface area contributed by atoms with E-state index in [1.165, 1.54) is 5.56 Å². The summed E-state index contributed by atoms with van der Waals surface area (Å²) in [5, 5.41) is 0. The molecule has 0 radical (unpaired) electrons. The lowest BCUT2D eigenvalue weighted by Crippen LogP contribution is -2.50. The molecular weight excluding hydrogens is 328 g/mol. The van der Waals surface area contributed by atoms with Crippen LogP contribution >= 0.6 is 0 Å². The van der Waals surface area contributed by atoms with Crippen molar-refractivity contribution in [1.82, 2.24) is 9.80 Å². The average Bonchev–Trinajstić information content (AvgIpc) is 2.68. The number of piperidine rings is 1. The minimum atomic E-state index is -0.209. The van der Waals surface area contributed by atoms with Gasteiger partial charge in [-0.3, -0.25) is 9.59 Å². The molecule has 26 heavy (non-hydrogen) atoms. The first kappa shape index (κ1) is 18.9. The molecule has 2 amide bonds. The summed E-state index contributed by atoms with van der Waals surface area (Å²) in [6.07, 6.45) is 2.25. The highest BCUT2D eigenvalue weighted by molar-refractivity contribution is 5.82. The number of hydrogen-bond acceptors (Lipinski definition) is 3. The molecule has 1 aromatic carbocycles. The van der Waals surface area contributed by atoms with E-state index in [2.05, 4.69) is 26.0 Å². The van der Waals surface area contributed by atoms with E-state index in [1.807, 2.05) is 28.0 Å². The fraction of sp³-hybridized carbons (Fsp3) is 0.619. The van der Waals surface area contributed by atoms with Crippen molar-refractivity contribution in [1.29, 1.82) is 0 Å². The fourth-order valence-electron chi connectivity index (χ4n) is 3.93. The molecule has 0 aromatic heterocycles. The van der Waals surface area contributed by atoms with E-state index in [0.29, 0.717) is 39.3 Å². The Balaban J connectivity index is 1.60. The lowest BCUT2D eigenvalue weighted by Gasteiger charge is -2.37. The van der Waals surface area contributed by atoms with Gasteiger partial charge in [0.05, 0.1) is 19.1 Å². The summed E-state index contributed by atoms with van der Waals surface area (Å²) in [6, 6.07) is 10.2. The number of ether oxygens (including phenoxy) is 1. The molecule has 0 bridgehead atoms. The van der Waals surface area contributed by atoms with Crippen molar-refractivity contribution in [3.63, 3.8) is 0 Å². The number of morpholine rings is 1. The SMILES string of the molecule is CC(C)(CC(=O)N1CCCC(C(=O)N2CCOCC2)C1)c1ccccc1. The summed E-state index contributed by atoms with van der Waals surface area (Å²) in [6.45, 7) is 8.12. The number of carbonyl (C=O) groups excluding carboxylic acids is 2. The molecule has 142 valence electrons. The number of carbonyl (C=O) groups is 2. The highest BCUT2D eigenvalue weighted by Gasteiger charge is 2.34. The second-order valence-electron chi connectivity index (χ2n) is 8.04. The first-order valence-electron chi connectivity index (χ1n) is 9.67. The van der Waals surface area contributed by atoms with Gasteiger partial charge in [0, 0.05) is 32.6 Å². The van der Waals surface area contributed by atoms with Gasteiger partial charge in [0.2, 0.25) is 11.8 Å². The van der Waals surface area contributed by atoms with Crippen LogP contribution in [0.1, 0.15) is 38.7 Å². The van der Waals surface area contributed by atoms with Crippen molar-refractivity contribution >= 4 is 11.8 Å². The molecule has 1 atom stereocenters. The van der Waals surface area contributed by atoms with E-state index >= 15 is 0 Å². The Bertz CT molecular complexity index is 623. The zero-order chi connectivity index (χ0) is 18.6. The molecule has 2 saturated heterocycles. The third-order valence-corrected chi connectivity index (χ3v) is 5.59. The molecule has 0 spiro atoms. The highest BCUT2D eigenvalue weighted by atomic mass is 16.5. The normalized spacial score (nSPS) is 21.5. The zero-order valence-corrected chi connectivity index (χ0v) is 15.9. The molecule has 5 nitrogen and oxygen atoms in total. The summed E-state index contributed by atoms with van der Waals surface area (Å²) in [5.74, 6) is 0.275. The predicted octanol–water partition coefficient (Wildman–Crippen LogP) is 2.45. The van der Waals surface area contributed by atoms with Gasteiger partial charge in [0.25, 0.3) is 0 Å². The van der Waals surface area contributed by atoms with E-state index in [-0.39, 0.29) is 23.1 Å². The molecule has 1 unspecified atom stereocenters. The van der Waals surface area contributed by atoms with Crippen LogP contribution in [-0.4, -0.2) is 61.0 Å². The summed E-state index contributed by atoms with van der Waals surface area (Å²) in [4.78, 5) is 29.5. The van der Waals surface area contributed by atoms with Gasteiger partial charge in [-0.05, 0) is 23.8 Å². The minimum Gasteiger partial charge on any atom is -0.378 e. The van der Waals surface area contributed by atoms with Crippen LogP contribution in [0.5, 0.6) is 0 Å². The number of benzene rings is 1. The second kappa shape index (κ2) is 8.21. The predicted molar refractivity (Wildman–Crippen MR) is 101 cm³/mol. The monoisotopic (exact) mass is 358 g/mol. The maximum absolute atomic E-state index is 12.9. The van der Waals surface area contributed by atoms with Gasteiger partial charge in [0.1, 0.15) is 0 Å². The molecule has 0 N–H and O–H groups in total. The van der Waals surface area contributed by atoms with E-state index in [1.54, 1.807) is 0 Å². The minimum absolute atomic E-state index is 0.0642.